The predicted octanol–water partition coefficient (Wildman–Crippen LogP) is 5.78. The van der Waals surface area contributed by atoms with Crippen LogP contribution in [-0.4, -0.2) is 21.1 Å². The van der Waals surface area contributed by atoms with Crippen LogP contribution < -0.4 is 11.1 Å². The van der Waals surface area contributed by atoms with Crippen molar-refractivity contribution < 1.29 is 18.3 Å². The van der Waals surface area contributed by atoms with Gasteiger partial charge in [-0.2, -0.15) is 0 Å². The van der Waals surface area contributed by atoms with Crippen LogP contribution in [0.1, 0.15) is 68.2 Å². The van der Waals surface area contributed by atoms with Gasteiger partial charge in [0.1, 0.15) is 23.1 Å². The molecule has 2 aliphatic carbocycles. The van der Waals surface area contributed by atoms with E-state index >= 15 is 0 Å². The third-order valence-corrected chi connectivity index (χ3v) is 7.63. The Kier molecular flexibility index (Phi) is 6.74. The molecule has 3 aromatic rings. The minimum atomic E-state index is -1.22. The van der Waals surface area contributed by atoms with E-state index in [2.05, 4.69) is 22.2 Å². The van der Waals surface area contributed by atoms with Crippen LogP contribution in [0, 0.1) is 23.4 Å². The van der Waals surface area contributed by atoms with Gasteiger partial charge in [-0.25, -0.2) is 18.2 Å². The summed E-state index contributed by atoms with van der Waals surface area (Å²) in [4.78, 5) is 8.49. The predicted molar refractivity (Wildman–Crippen MR) is 133 cm³/mol. The summed E-state index contributed by atoms with van der Waals surface area (Å²) in [5.74, 6) is -1.88. The zero-order valence-corrected chi connectivity index (χ0v) is 20.3. The van der Waals surface area contributed by atoms with Gasteiger partial charge in [0.05, 0.1) is 35.3 Å². The molecule has 36 heavy (non-hydrogen) atoms. The van der Waals surface area contributed by atoms with Crippen LogP contribution in [0.4, 0.5) is 18.9 Å². The summed E-state index contributed by atoms with van der Waals surface area (Å²) < 4.78 is 44.6. The van der Waals surface area contributed by atoms with Gasteiger partial charge < -0.3 is 16.2 Å². The van der Waals surface area contributed by atoms with Crippen molar-refractivity contribution in [3.63, 3.8) is 0 Å². The van der Waals surface area contributed by atoms with Gasteiger partial charge in [0.15, 0.2) is 0 Å². The molecular formula is C28H31F3N4O. The van der Waals surface area contributed by atoms with E-state index in [4.69, 9.17) is 5.73 Å². The molecule has 8 heteroatoms. The molecule has 0 bridgehead atoms. The minimum Gasteiger partial charge on any atom is -0.385 e. The standard InChI is InChI=1S/C28H31F3N4O/c1-16-9-17(11-19(32)10-16)21-5-8-33-15-25(21)34-14-20-3-4-22(29)27(35-20)26-23(30)12-18(13-24(26)31)28(36)6-2-7-28/h3-5,8,12-13,15-17,19,34,36H,2,6-7,9-11,14,32H2,1H3/t16-,17+,19-/m0/s1. The molecule has 0 radical (unpaired) electrons. The van der Waals surface area contributed by atoms with Crippen molar-refractivity contribution in [3.05, 3.63) is 77.0 Å². The van der Waals surface area contributed by atoms with E-state index in [1.54, 1.807) is 12.4 Å². The van der Waals surface area contributed by atoms with Crippen LogP contribution in [0.3, 0.4) is 0 Å². The smallest absolute Gasteiger partial charge is 0.149 e. The molecule has 5 nitrogen and oxygen atoms in total. The van der Waals surface area contributed by atoms with Gasteiger partial charge in [-0.05, 0) is 91.8 Å². The van der Waals surface area contributed by atoms with Crippen LogP contribution in [0.5, 0.6) is 0 Å². The number of anilines is 1. The Morgan fingerprint density at radius 3 is 2.47 bits per heavy atom. The average Bonchev–Trinajstić information content (AvgIpc) is 2.82. The highest BCUT2D eigenvalue weighted by molar-refractivity contribution is 5.63. The van der Waals surface area contributed by atoms with E-state index in [1.165, 1.54) is 6.07 Å². The van der Waals surface area contributed by atoms with Gasteiger partial charge >= 0.3 is 0 Å². The number of nitrogens with two attached hydrogens (primary N) is 1. The zero-order chi connectivity index (χ0) is 25.4. The molecular weight excluding hydrogens is 465 g/mol. The van der Waals surface area contributed by atoms with Gasteiger partial charge in [0.2, 0.25) is 0 Å². The van der Waals surface area contributed by atoms with E-state index in [1.807, 2.05) is 6.07 Å². The molecule has 1 aromatic carbocycles. The number of aliphatic hydroxyl groups is 1. The third-order valence-electron chi connectivity index (χ3n) is 7.63. The number of aromatic nitrogens is 2. The molecule has 0 saturated heterocycles. The first kappa shape index (κ1) is 24.7. The number of pyridine rings is 2. The summed E-state index contributed by atoms with van der Waals surface area (Å²) in [7, 11) is 0. The first-order valence-corrected chi connectivity index (χ1v) is 12.5. The molecule has 0 unspecified atom stereocenters. The largest absolute Gasteiger partial charge is 0.385 e. The number of halogens is 3. The van der Waals surface area contributed by atoms with Crippen molar-refractivity contribution in [2.75, 3.05) is 5.32 Å². The minimum absolute atomic E-state index is 0.155. The number of rotatable bonds is 6. The summed E-state index contributed by atoms with van der Waals surface area (Å²) in [6.45, 7) is 2.43. The van der Waals surface area contributed by atoms with Crippen LogP contribution >= 0.6 is 0 Å². The lowest BCUT2D eigenvalue weighted by molar-refractivity contribution is -0.0392. The van der Waals surface area contributed by atoms with E-state index in [9.17, 15) is 18.3 Å². The topological polar surface area (TPSA) is 84.1 Å². The third kappa shape index (κ3) is 4.84. The first-order chi connectivity index (χ1) is 17.2. The zero-order valence-electron chi connectivity index (χ0n) is 20.3. The average molecular weight is 497 g/mol. The number of hydrogen-bond acceptors (Lipinski definition) is 5. The summed E-state index contributed by atoms with van der Waals surface area (Å²) in [6, 6.07) is 6.97. The first-order valence-electron chi connectivity index (χ1n) is 12.5. The van der Waals surface area contributed by atoms with Gasteiger partial charge in [-0.3, -0.25) is 4.98 Å². The summed E-state index contributed by atoms with van der Waals surface area (Å²) >= 11 is 0. The molecule has 2 saturated carbocycles. The van der Waals surface area contributed by atoms with Gasteiger partial charge in [-0.1, -0.05) is 6.92 Å². The van der Waals surface area contributed by atoms with E-state index in [-0.39, 0.29) is 18.2 Å². The number of nitrogens with zero attached hydrogens (tertiary/aromatic N) is 2. The Balaban J connectivity index is 1.39. The van der Waals surface area contributed by atoms with Crippen molar-refractivity contribution >= 4 is 5.69 Å². The highest BCUT2D eigenvalue weighted by atomic mass is 19.1. The summed E-state index contributed by atoms with van der Waals surface area (Å²) in [6.07, 6.45) is 8.13. The lowest BCUT2D eigenvalue weighted by atomic mass is 9.75. The molecule has 4 N–H and O–H groups in total. The number of hydrogen-bond donors (Lipinski definition) is 3. The quantitative estimate of drug-likeness (QED) is 0.403. The molecule has 2 aromatic heterocycles. The second-order valence-corrected chi connectivity index (χ2v) is 10.4. The van der Waals surface area contributed by atoms with E-state index in [0.717, 1.165) is 55.1 Å². The Bertz CT molecular complexity index is 1230. The van der Waals surface area contributed by atoms with Crippen LogP contribution in [0.25, 0.3) is 11.3 Å². The van der Waals surface area contributed by atoms with Crippen molar-refractivity contribution in [3.8, 4) is 11.3 Å². The molecule has 190 valence electrons. The van der Waals surface area contributed by atoms with Crippen LogP contribution in [0.15, 0.2) is 42.7 Å². The molecule has 3 atom stereocenters. The maximum atomic E-state index is 15.0. The highest BCUT2D eigenvalue weighted by Crippen LogP contribution is 2.43. The second kappa shape index (κ2) is 9.82. The Hall–Kier alpha value is -2.97. The molecule has 2 heterocycles. The highest BCUT2D eigenvalue weighted by Gasteiger charge is 2.37. The van der Waals surface area contributed by atoms with Gasteiger partial charge in [0.25, 0.3) is 0 Å². The Labute approximate surface area is 209 Å². The van der Waals surface area contributed by atoms with Crippen LogP contribution in [0.2, 0.25) is 0 Å². The fourth-order valence-electron chi connectivity index (χ4n) is 5.63. The Morgan fingerprint density at radius 1 is 1.06 bits per heavy atom. The molecule has 2 aliphatic rings. The maximum Gasteiger partial charge on any atom is 0.149 e. The van der Waals surface area contributed by atoms with Crippen molar-refractivity contribution in [1.29, 1.82) is 0 Å². The summed E-state index contributed by atoms with van der Waals surface area (Å²) in [5.41, 5.74) is 6.68. The fourth-order valence-corrected chi connectivity index (χ4v) is 5.63. The number of nitrogens with one attached hydrogen (secondary N) is 1. The lowest BCUT2D eigenvalue weighted by Crippen LogP contribution is -2.33. The van der Waals surface area contributed by atoms with Crippen molar-refractivity contribution in [2.45, 2.75) is 69.6 Å². The molecule has 0 spiro atoms. The monoisotopic (exact) mass is 496 g/mol. The maximum absolute atomic E-state index is 15.0. The fraction of sp³-hybridized carbons (Fsp3) is 0.429. The Morgan fingerprint density at radius 2 is 1.81 bits per heavy atom. The van der Waals surface area contributed by atoms with E-state index in [0.29, 0.717) is 30.4 Å². The van der Waals surface area contributed by atoms with Crippen molar-refractivity contribution in [2.24, 2.45) is 11.7 Å². The van der Waals surface area contributed by atoms with Gasteiger partial charge in [0, 0.05) is 12.2 Å². The van der Waals surface area contributed by atoms with E-state index < -0.39 is 34.3 Å². The molecule has 5 rings (SSSR count). The SMILES string of the molecule is C[C@@H]1C[C@H](N)C[C@H](c2ccncc2NCc2ccc(F)c(-c3c(F)cc(C4(O)CCC4)cc3F)n2)C1. The normalized spacial score (nSPS) is 23.2. The second-order valence-electron chi connectivity index (χ2n) is 10.4. The molecule has 2 fully saturated rings. The lowest BCUT2D eigenvalue weighted by Gasteiger charge is -2.37. The van der Waals surface area contributed by atoms with Crippen LogP contribution in [-0.2, 0) is 12.1 Å². The van der Waals surface area contributed by atoms with Gasteiger partial charge in [-0.15, -0.1) is 0 Å². The van der Waals surface area contributed by atoms with Crippen molar-refractivity contribution in [1.82, 2.24) is 9.97 Å². The number of benzene rings is 1. The summed E-state index contributed by atoms with van der Waals surface area (Å²) in [5, 5.41) is 13.8. The molecule has 0 aliphatic heterocycles. The molecule has 0 amide bonds.